The third kappa shape index (κ3) is 8.03. The van der Waals surface area contributed by atoms with E-state index < -0.39 is 0 Å². The van der Waals surface area contributed by atoms with Gasteiger partial charge in [-0.1, -0.05) is 42.8 Å². The van der Waals surface area contributed by atoms with Gasteiger partial charge in [-0.3, -0.25) is 10.1 Å². The monoisotopic (exact) mass is 508 g/mol. The second-order valence-electron chi connectivity index (χ2n) is 7.32. The normalized spacial score (nSPS) is 10.5. The number of carbonyl (C=O) groups is 1. The van der Waals surface area contributed by atoms with E-state index in [-0.39, 0.29) is 11.0 Å². The summed E-state index contributed by atoms with van der Waals surface area (Å²) in [5.41, 5.74) is 1.36. The van der Waals surface area contributed by atoms with Crippen LogP contribution in [0, 0.1) is 5.92 Å². The quantitative estimate of drug-likeness (QED) is 0.435. The lowest BCUT2D eigenvalue weighted by molar-refractivity contribution is 0.0971. The summed E-state index contributed by atoms with van der Waals surface area (Å²) < 4.78 is 17.6. The van der Waals surface area contributed by atoms with Gasteiger partial charge in [0.2, 0.25) is 0 Å². The van der Waals surface area contributed by atoms with Crippen LogP contribution in [0.4, 0.5) is 0 Å². The van der Waals surface area contributed by atoms with E-state index in [9.17, 15) is 4.79 Å². The van der Waals surface area contributed by atoms with E-state index in [4.69, 9.17) is 26.4 Å². The lowest BCUT2D eigenvalue weighted by Gasteiger charge is -2.15. The molecule has 0 spiro atoms. The first-order valence-electron chi connectivity index (χ1n) is 10.1. The molecule has 0 atom stereocenters. The van der Waals surface area contributed by atoms with Gasteiger partial charge in [-0.2, -0.15) is 0 Å². The Hall–Kier alpha value is -2.32. The Morgan fingerprint density at radius 3 is 2.52 bits per heavy atom. The van der Waals surface area contributed by atoms with Gasteiger partial charge in [-0.15, -0.1) is 0 Å². The Morgan fingerprint density at radius 1 is 1.10 bits per heavy atom. The Kier molecular flexibility index (Phi) is 10.1. The van der Waals surface area contributed by atoms with Gasteiger partial charge in [0.25, 0.3) is 5.91 Å². The van der Waals surface area contributed by atoms with E-state index in [2.05, 4.69) is 40.4 Å². The summed E-state index contributed by atoms with van der Waals surface area (Å²) in [5, 5.41) is 5.99. The average Bonchev–Trinajstić information content (AvgIpc) is 2.75. The predicted molar refractivity (Wildman–Crippen MR) is 130 cm³/mol. The van der Waals surface area contributed by atoms with Gasteiger partial charge in [0.15, 0.2) is 16.6 Å². The molecular formula is C23H29BrN2O4S. The van der Waals surface area contributed by atoms with Crippen LogP contribution in [0.1, 0.15) is 43.1 Å². The summed E-state index contributed by atoms with van der Waals surface area (Å²) in [5.74, 6) is 1.89. The lowest BCUT2D eigenvalue weighted by atomic mass is 10.2. The zero-order chi connectivity index (χ0) is 22.8. The molecule has 2 rings (SSSR count). The van der Waals surface area contributed by atoms with Crippen molar-refractivity contribution in [2.75, 3.05) is 20.3 Å². The molecule has 0 fully saturated rings. The van der Waals surface area contributed by atoms with Crippen molar-refractivity contribution in [3.63, 3.8) is 0 Å². The molecule has 2 aromatic rings. The first-order chi connectivity index (χ1) is 14.8. The second-order valence-corrected chi connectivity index (χ2v) is 8.64. The molecule has 6 nitrogen and oxygen atoms in total. The number of halogens is 1. The molecule has 2 aromatic carbocycles. The number of hydrogen-bond acceptors (Lipinski definition) is 5. The van der Waals surface area contributed by atoms with Crippen molar-refractivity contribution in [2.24, 2.45) is 5.92 Å². The summed E-state index contributed by atoms with van der Waals surface area (Å²) in [6, 6.07) is 11.0. The fraction of sp³-hybridized carbons (Fsp3) is 0.391. The van der Waals surface area contributed by atoms with Crippen LogP contribution in [-0.2, 0) is 6.54 Å². The fourth-order valence-electron chi connectivity index (χ4n) is 2.61. The summed E-state index contributed by atoms with van der Waals surface area (Å²) in [4.78, 5) is 12.8. The van der Waals surface area contributed by atoms with E-state index in [0.717, 1.165) is 16.5 Å². The van der Waals surface area contributed by atoms with Crippen molar-refractivity contribution < 1.29 is 19.0 Å². The standard InChI is InChI=1S/C23H29BrN2O4S/c1-5-10-29-20-8-6-16(11-21(20)28-4)13-25-23(31)26-22(27)18-12-17(24)7-9-19(18)30-14-15(2)3/h6-9,11-12,15H,5,10,13-14H2,1-4H3,(H2,25,26,27,31). The molecule has 0 saturated heterocycles. The van der Waals surface area contributed by atoms with E-state index in [1.165, 1.54) is 0 Å². The molecule has 1 amide bonds. The van der Waals surface area contributed by atoms with Crippen LogP contribution in [0.5, 0.6) is 17.2 Å². The maximum Gasteiger partial charge on any atom is 0.261 e. The van der Waals surface area contributed by atoms with Crippen molar-refractivity contribution in [1.29, 1.82) is 0 Å². The number of nitrogens with one attached hydrogen (secondary N) is 2. The van der Waals surface area contributed by atoms with Crippen molar-refractivity contribution in [3.05, 3.63) is 52.0 Å². The molecule has 0 unspecified atom stereocenters. The average molecular weight is 509 g/mol. The van der Waals surface area contributed by atoms with Crippen molar-refractivity contribution in [2.45, 2.75) is 33.7 Å². The first kappa shape index (κ1) is 24.9. The molecule has 31 heavy (non-hydrogen) atoms. The highest BCUT2D eigenvalue weighted by atomic mass is 79.9. The van der Waals surface area contributed by atoms with Crippen LogP contribution in [0.15, 0.2) is 40.9 Å². The van der Waals surface area contributed by atoms with E-state index in [1.807, 2.05) is 31.2 Å². The Morgan fingerprint density at radius 2 is 1.84 bits per heavy atom. The molecule has 0 heterocycles. The zero-order valence-corrected chi connectivity index (χ0v) is 20.7. The van der Waals surface area contributed by atoms with E-state index in [0.29, 0.717) is 48.5 Å². The fourth-order valence-corrected chi connectivity index (χ4v) is 3.14. The maximum atomic E-state index is 12.8. The van der Waals surface area contributed by atoms with Gasteiger partial charge in [0.1, 0.15) is 5.75 Å². The van der Waals surface area contributed by atoms with Gasteiger partial charge in [-0.05, 0) is 60.5 Å². The molecule has 0 aliphatic heterocycles. The largest absolute Gasteiger partial charge is 0.493 e. The molecule has 0 aliphatic carbocycles. The second kappa shape index (κ2) is 12.5. The third-order valence-electron chi connectivity index (χ3n) is 4.13. The molecule has 168 valence electrons. The summed E-state index contributed by atoms with van der Waals surface area (Å²) >= 11 is 8.71. The molecule has 0 radical (unpaired) electrons. The lowest BCUT2D eigenvalue weighted by Crippen LogP contribution is -2.39. The highest BCUT2D eigenvalue weighted by Crippen LogP contribution is 2.28. The van der Waals surface area contributed by atoms with Crippen molar-refractivity contribution in [3.8, 4) is 17.2 Å². The minimum atomic E-state index is -0.335. The van der Waals surface area contributed by atoms with Crippen LogP contribution in [0.25, 0.3) is 0 Å². The molecule has 8 heteroatoms. The highest BCUT2D eigenvalue weighted by Gasteiger charge is 2.15. The number of hydrogen-bond donors (Lipinski definition) is 2. The Labute approximate surface area is 197 Å². The molecule has 0 aromatic heterocycles. The van der Waals surface area contributed by atoms with Gasteiger partial charge in [0, 0.05) is 11.0 Å². The smallest absolute Gasteiger partial charge is 0.261 e. The third-order valence-corrected chi connectivity index (χ3v) is 4.87. The van der Waals surface area contributed by atoms with Crippen LogP contribution in [-0.4, -0.2) is 31.3 Å². The van der Waals surface area contributed by atoms with Gasteiger partial charge in [0.05, 0.1) is 25.9 Å². The van der Waals surface area contributed by atoms with Crippen LogP contribution >= 0.6 is 28.1 Å². The SMILES string of the molecule is CCCOc1ccc(CNC(=S)NC(=O)c2cc(Br)ccc2OCC(C)C)cc1OC. The number of benzene rings is 2. The first-order valence-corrected chi connectivity index (χ1v) is 11.3. The number of amides is 1. The molecule has 0 saturated carbocycles. The molecular weight excluding hydrogens is 480 g/mol. The van der Waals surface area contributed by atoms with Crippen LogP contribution in [0.2, 0.25) is 0 Å². The molecule has 2 N–H and O–H groups in total. The summed E-state index contributed by atoms with van der Waals surface area (Å²) in [6.45, 7) is 7.73. The van der Waals surface area contributed by atoms with Crippen molar-refractivity contribution >= 4 is 39.2 Å². The van der Waals surface area contributed by atoms with Crippen LogP contribution in [0.3, 0.4) is 0 Å². The minimum Gasteiger partial charge on any atom is -0.493 e. The maximum absolute atomic E-state index is 12.8. The molecule has 0 bridgehead atoms. The Bertz CT molecular complexity index is 905. The summed E-state index contributed by atoms with van der Waals surface area (Å²) in [6.07, 6.45) is 0.919. The number of methoxy groups -OCH3 is 1. The number of carbonyl (C=O) groups excluding carboxylic acids is 1. The van der Waals surface area contributed by atoms with Crippen molar-refractivity contribution in [1.82, 2.24) is 10.6 Å². The molecule has 0 aliphatic rings. The summed E-state index contributed by atoms with van der Waals surface area (Å²) in [7, 11) is 1.60. The number of thiocarbonyl (C=S) groups is 1. The van der Waals surface area contributed by atoms with Crippen LogP contribution < -0.4 is 24.8 Å². The van der Waals surface area contributed by atoms with Gasteiger partial charge < -0.3 is 19.5 Å². The van der Waals surface area contributed by atoms with E-state index in [1.54, 1.807) is 19.2 Å². The zero-order valence-electron chi connectivity index (χ0n) is 18.3. The predicted octanol–water partition coefficient (Wildman–Crippen LogP) is 5.09. The number of ether oxygens (including phenoxy) is 3. The van der Waals surface area contributed by atoms with Gasteiger partial charge in [-0.25, -0.2) is 0 Å². The Balaban J connectivity index is 1.98. The highest BCUT2D eigenvalue weighted by molar-refractivity contribution is 9.10. The van der Waals surface area contributed by atoms with Gasteiger partial charge >= 0.3 is 0 Å². The number of rotatable bonds is 10. The topological polar surface area (TPSA) is 68.8 Å². The van der Waals surface area contributed by atoms with E-state index >= 15 is 0 Å². The minimum absolute atomic E-state index is 0.227.